The van der Waals surface area contributed by atoms with E-state index in [9.17, 15) is 9.59 Å². The number of amides is 2. The number of nitrogens with zero attached hydrogens (tertiary/aromatic N) is 2. The van der Waals surface area contributed by atoms with E-state index >= 15 is 0 Å². The Bertz CT molecular complexity index is 367. The van der Waals surface area contributed by atoms with Gasteiger partial charge in [0.05, 0.1) is 6.61 Å². The molecule has 0 aromatic rings. The number of hydrogen-bond acceptors (Lipinski definition) is 4. The number of carbonyl (C=O) groups is 2. The van der Waals surface area contributed by atoms with Crippen LogP contribution in [0.2, 0.25) is 0 Å². The van der Waals surface area contributed by atoms with Crippen molar-refractivity contribution in [2.24, 2.45) is 17.6 Å². The molecule has 2 fully saturated rings. The van der Waals surface area contributed by atoms with E-state index in [1.165, 1.54) is 0 Å². The highest BCUT2D eigenvalue weighted by Crippen LogP contribution is 2.30. The van der Waals surface area contributed by atoms with Crippen LogP contribution in [0.15, 0.2) is 0 Å². The zero-order valence-corrected chi connectivity index (χ0v) is 12.9. The standard InChI is InChI=1S/C15H27N3O3/c1-2-21-15(20)18-8-6-17(7-9-18)14(19)13-5-3-4-12(10-13)11-16/h12-13H,2-11,16H2,1H3. The first-order valence-corrected chi connectivity index (χ1v) is 8.06. The number of ether oxygens (including phenoxy) is 1. The molecule has 0 radical (unpaired) electrons. The van der Waals surface area contributed by atoms with Gasteiger partial charge in [0.15, 0.2) is 0 Å². The Balaban J connectivity index is 1.81. The van der Waals surface area contributed by atoms with E-state index in [1.54, 1.807) is 11.8 Å². The number of piperazine rings is 1. The van der Waals surface area contributed by atoms with E-state index in [2.05, 4.69) is 0 Å². The summed E-state index contributed by atoms with van der Waals surface area (Å²) in [6.07, 6.45) is 3.88. The summed E-state index contributed by atoms with van der Waals surface area (Å²) in [6, 6.07) is 0. The van der Waals surface area contributed by atoms with E-state index in [0.29, 0.717) is 45.2 Å². The summed E-state index contributed by atoms with van der Waals surface area (Å²) < 4.78 is 4.99. The van der Waals surface area contributed by atoms with Crippen molar-refractivity contribution >= 4 is 12.0 Å². The average Bonchev–Trinajstić information content (AvgIpc) is 2.54. The molecule has 0 aromatic carbocycles. The van der Waals surface area contributed by atoms with E-state index in [-0.39, 0.29) is 17.9 Å². The maximum atomic E-state index is 12.6. The number of rotatable bonds is 3. The third kappa shape index (κ3) is 4.09. The fourth-order valence-corrected chi connectivity index (χ4v) is 3.31. The molecule has 2 amide bonds. The van der Waals surface area contributed by atoms with E-state index < -0.39 is 0 Å². The lowest BCUT2D eigenvalue weighted by Gasteiger charge is -2.37. The van der Waals surface area contributed by atoms with Crippen LogP contribution in [-0.2, 0) is 9.53 Å². The highest BCUT2D eigenvalue weighted by molar-refractivity contribution is 5.79. The highest BCUT2D eigenvalue weighted by atomic mass is 16.6. The minimum atomic E-state index is -0.273. The van der Waals surface area contributed by atoms with Gasteiger partial charge in [-0.25, -0.2) is 4.79 Å². The summed E-state index contributed by atoms with van der Waals surface area (Å²) in [7, 11) is 0. The van der Waals surface area contributed by atoms with Gasteiger partial charge in [-0.05, 0) is 38.6 Å². The third-order valence-corrected chi connectivity index (χ3v) is 4.58. The molecular formula is C15H27N3O3. The van der Waals surface area contributed by atoms with Crippen LogP contribution < -0.4 is 5.73 Å². The second-order valence-corrected chi connectivity index (χ2v) is 5.98. The van der Waals surface area contributed by atoms with Gasteiger partial charge in [-0.1, -0.05) is 6.42 Å². The SMILES string of the molecule is CCOC(=O)N1CCN(C(=O)C2CCCC(CN)C2)CC1. The summed E-state index contributed by atoms with van der Waals surface area (Å²) >= 11 is 0. The Morgan fingerprint density at radius 2 is 1.81 bits per heavy atom. The van der Waals surface area contributed by atoms with Crippen LogP contribution in [0.4, 0.5) is 4.79 Å². The van der Waals surface area contributed by atoms with Crippen LogP contribution in [0.5, 0.6) is 0 Å². The van der Waals surface area contributed by atoms with Gasteiger partial charge in [0.1, 0.15) is 0 Å². The molecule has 0 bridgehead atoms. The second kappa shape index (κ2) is 7.64. The quantitative estimate of drug-likeness (QED) is 0.845. The van der Waals surface area contributed by atoms with Crippen LogP contribution >= 0.6 is 0 Å². The largest absolute Gasteiger partial charge is 0.450 e. The molecule has 2 atom stereocenters. The van der Waals surface area contributed by atoms with Crippen molar-refractivity contribution in [1.82, 2.24) is 9.80 Å². The second-order valence-electron chi connectivity index (χ2n) is 5.98. The first-order valence-electron chi connectivity index (χ1n) is 8.06. The fourth-order valence-electron chi connectivity index (χ4n) is 3.31. The van der Waals surface area contributed by atoms with Gasteiger partial charge in [0, 0.05) is 32.1 Å². The third-order valence-electron chi connectivity index (χ3n) is 4.58. The minimum Gasteiger partial charge on any atom is -0.450 e. The lowest BCUT2D eigenvalue weighted by Crippen LogP contribution is -2.52. The predicted octanol–water partition coefficient (Wildman–Crippen LogP) is 1.05. The first kappa shape index (κ1) is 16.1. The smallest absolute Gasteiger partial charge is 0.409 e. The van der Waals surface area contributed by atoms with Crippen molar-refractivity contribution in [3.63, 3.8) is 0 Å². The Hall–Kier alpha value is -1.30. The summed E-state index contributed by atoms with van der Waals surface area (Å²) in [6.45, 7) is 5.23. The molecule has 0 spiro atoms. The van der Waals surface area contributed by atoms with Gasteiger partial charge in [-0.2, -0.15) is 0 Å². The fraction of sp³-hybridized carbons (Fsp3) is 0.867. The van der Waals surface area contributed by atoms with E-state index in [4.69, 9.17) is 10.5 Å². The molecule has 1 aliphatic heterocycles. The molecule has 2 rings (SSSR count). The molecule has 2 unspecified atom stereocenters. The molecule has 21 heavy (non-hydrogen) atoms. The molecule has 6 heteroatoms. The molecule has 6 nitrogen and oxygen atoms in total. The molecule has 1 heterocycles. The summed E-state index contributed by atoms with van der Waals surface area (Å²) in [5, 5.41) is 0. The molecule has 0 aromatic heterocycles. The van der Waals surface area contributed by atoms with Crippen molar-refractivity contribution in [2.45, 2.75) is 32.6 Å². The normalized spacial score (nSPS) is 26.6. The van der Waals surface area contributed by atoms with Gasteiger partial charge in [-0.3, -0.25) is 4.79 Å². The number of carbonyl (C=O) groups excluding carboxylic acids is 2. The Kier molecular flexibility index (Phi) is 5.85. The lowest BCUT2D eigenvalue weighted by molar-refractivity contribution is -0.138. The average molecular weight is 297 g/mol. The number of nitrogens with two attached hydrogens (primary N) is 1. The Labute approximate surface area is 126 Å². The first-order chi connectivity index (χ1) is 10.2. The molecule has 1 saturated carbocycles. The molecule has 1 saturated heterocycles. The Morgan fingerprint density at radius 1 is 1.14 bits per heavy atom. The van der Waals surface area contributed by atoms with Crippen molar-refractivity contribution in [1.29, 1.82) is 0 Å². The van der Waals surface area contributed by atoms with Crippen LogP contribution in [0.3, 0.4) is 0 Å². The lowest BCUT2D eigenvalue weighted by atomic mass is 9.80. The predicted molar refractivity (Wildman–Crippen MR) is 79.7 cm³/mol. The van der Waals surface area contributed by atoms with Crippen molar-refractivity contribution < 1.29 is 14.3 Å². The van der Waals surface area contributed by atoms with Crippen LogP contribution in [0, 0.1) is 11.8 Å². The molecule has 2 N–H and O–H groups in total. The monoisotopic (exact) mass is 297 g/mol. The van der Waals surface area contributed by atoms with Crippen LogP contribution in [-0.4, -0.2) is 61.1 Å². The van der Waals surface area contributed by atoms with Crippen molar-refractivity contribution in [2.75, 3.05) is 39.3 Å². The van der Waals surface area contributed by atoms with Gasteiger partial charge in [0.25, 0.3) is 0 Å². The van der Waals surface area contributed by atoms with E-state index in [1.807, 2.05) is 4.90 Å². The molecule has 2 aliphatic rings. The number of hydrogen-bond donors (Lipinski definition) is 1. The summed E-state index contributed by atoms with van der Waals surface area (Å²) in [5.74, 6) is 0.867. The van der Waals surface area contributed by atoms with Gasteiger partial charge in [0.2, 0.25) is 5.91 Å². The maximum Gasteiger partial charge on any atom is 0.409 e. The minimum absolute atomic E-state index is 0.126. The maximum absolute atomic E-state index is 12.6. The molecular weight excluding hydrogens is 270 g/mol. The van der Waals surface area contributed by atoms with Crippen LogP contribution in [0.1, 0.15) is 32.6 Å². The van der Waals surface area contributed by atoms with Crippen LogP contribution in [0.25, 0.3) is 0 Å². The van der Waals surface area contributed by atoms with Gasteiger partial charge in [-0.15, -0.1) is 0 Å². The topological polar surface area (TPSA) is 75.9 Å². The summed E-state index contributed by atoms with van der Waals surface area (Å²) in [4.78, 5) is 27.8. The zero-order valence-electron chi connectivity index (χ0n) is 12.9. The van der Waals surface area contributed by atoms with Gasteiger partial charge >= 0.3 is 6.09 Å². The van der Waals surface area contributed by atoms with Crippen molar-refractivity contribution in [3.05, 3.63) is 0 Å². The van der Waals surface area contributed by atoms with Gasteiger partial charge < -0.3 is 20.3 Å². The Morgan fingerprint density at radius 3 is 2.43 bits per heavy atom. The molecule has 1 aliphatic carbocycles. The zero-order chi connectivity index (χ0) is 15.2. The van der Waals surface area contributed by atoms with Crippen molar-refractivity contribution in [3.8, 4) is 0 Å². The van der Waals surface area contributed by atoms with E-state index in [0.717, 1.165) is 25.7 Å². The highest BCUT2D eigenvalue weighted by Gasteiger charge is 2.32. The summed E-state index contributed by atoms with van der Waals surface area (Å²) in [5.41, 5.74) is 5.74. The molecule has 120 valence electrons.